The Morgan fingerprint density at radius 3 is 2.94 bits per heavy atom. The van der Waals surface area contributed by atoms with E-state index in [2.05, 4.69) is 26.8 Å². The Morgan fingerprint density at radius 1 is 1.33 bits per heavy atom. The summed E-state index contributed by atoms with van der Waals surface area (Å²) in [5, 5.41) is 0. The summed E-state index contributed by atoms with van der Waals surface area (Å²) in [6.07, 6.45) is 2.62. The van der Waals surface area contributed by atoms with Gasteiger partial charge in [0.25, 0.3) is 0 Å². The molecule has 0 aliphatic carbocycles. The van der Waals surface area contributed by atoms with E-state index in [9.17, 15) is 0 Å². The molecular weight excluding hydrogens is 228 g/mol. The molecule has 0 aromatic heterocycles. The van der Waals surface area contributed by atoms with Crippen LogP contribution >= 0.6 is 0 Å². The third-order valence-electron chi connectivity index (χ3n) is 3.60. The largest absolute Gasteiger partial charge is 0.494 e. The summed E-state index contributed by atoms with van der Waals surface area (Å²) in [7, 11) is 0. The van der Waals surface area contributed by atoms with Gasteiger partial charge in [0.2, 0.25) is 0 Å². The summed E-state index contributed by atoms with van der Waals surface area (Å²) in [4.78, 5) is 0. The normalized spacial score (nSPS) is 26.8. The second kappa shape index (κ2) is 4.16. The van der Waals surface area contributed by atoms with Crippen LogP contribution < -0.4 is 9.47 Å². The van der Waals surface area contributed by atoms with Gasteiger partial charge in [-0.15, -0.1) is 0 Å². The highest BCUT2D eigenvalue weighted by molar-refractivity contribution is 5.46. The molecular formula is C15H20O3. The SMILES string of the molecule is CCCCOc1ccc2c(c1)[C@H]1O[C@H]1C(C)(C)O2. The highest BCUT2D eigenvalue weighted by atomic mass is 16.6. The molecule has 0 saturated carbocycles. The first-order valence-electron chi connectivity index (χ1n) is 6.73. The van der Waals surface area contributed by atoms with E-state index in [1.165, 1.54) is 0 Å². The first-order chi connectivity index (χ1) is 8.62. The Balaban J connectivity index is 1.78. The zero-order valence-electron chi connectivity index (χ0n) is 11.2. The van der Waals surface area contributed by atoms with E-state index < -0.39 is 0 Å². The van der Waals surface area contributed by atoms with Crippen LogP contribution in [0.4, 0.5) is 0 Å². The standard InChI is InChI=1S/C15H20O3/c1-4-5-8-16-10-6-7-12-11(9-10)13-14(17-13)15(2,3)18-12/h6-7,9,13-14H,4-5,8H2,1-3H3/t13-,14-/m1/s1. The van der Waals surface area contributed by atoms with Gasteiger partial charge in [-0.3, -0.25) is 0 Å². The Kier molecular flexibility index (Phi) is 2.74. The van der Waals surface area contributed by atoms with Crippen LogP contribution in [0.5, 0.6) is 11.5 Å². The monoisotopic (exact) mass is 248 g/mol. The lowest BCUT2D eigenvalue weighted by Crippen LogP contribution is -2.37. The van der Waals surface area contributed by atoms with Crippen molar-refractivity contribution in [2.75, 3.05) is 6.61 Å². The van der Waals surface area contributed by atoms with Crippen LogP contribution in [0.1, 0.15) is 45.3 Å². The molecule has 3 heteroatoms. The second-order valence-corrected chi connectivity index (χ2v) is 5.58. The summed E-state index contributed by atoms with van der Waals surface area (Å²) in [6, 6.07) is 6.04. The van der Waals surface area contributed by atoms with Crippen LogP contribution in [0, 0.1) is 0 Å². The molecule has 0 spiro atoms. The Morgan fingerprint density at radius 2 is 2.17 bits per heavy atom. The van der Waals surface area contributed by atoms with E-state index in [1.807, 2.05) is 12.1 Å². The third kappa shape index (κ3) is 1.97. The molecule has 3 rings (SSSR count). The van der Waals surface area contributed by atoms with E-state index in [-0.39, 0.29) is 17.8 Å². The number of hydrogen-bond acceptors (Lipinski definition) is 3. The zero-order chi connectivity index (χ0) is 12.8. The number of ether oxygens (including phenoxy) is 3. The fourth-order valence-corrected chi connectivity index (χ4v) is 2.48. The van der Waals surface area contributed by atoms with Crippen molar-refractivity contribution < 1.29 is 14.2 Å². The molecule has 1 aromatic rings. The van der Waals surface area contributed by atoms with E-state index >= 15 is 0 Å². The number of hydrogen-bond donors (Lipinski definition) is 0. The molecule has 0 bridgehead atoms. The summed E-state index contributed by atoms with van der Waals surface area (Å²) >= 11 is 0. The van der Waals surface area contributed by atoms with Crippen LogP contribution in [0.15, 0.2) is 18.2 Å². The molecule has 3 nitrogen and oxygen atoms in total. The van der Waals surface area contributed by atoms with Crippen molar-refractivity contribution in [1.82, 2.24) is 0 Å². The third-order valence-corrected chi connectivity index (χ3v) is 3.60. The van der Waals surface area contributed by atoms with Gasteiger partial charge in [0.05, 0.1) is 6.61 Å². The maximum absolute atomic E-state index is 5.97. The predicted octanol–water partition coefficient (Wildman–Crippen LogP) is 3.48. The smallest absolute Gasteiger partial charge is 0.132 e. The zero-order valence-corrected chi connectivity index (χ0v) is 11.2. The van der Waals surface area contributed by atoms with Gasteiger partial charge >= 0.3 is 0 Å². The van der Waals surface area contributed by atoms with Gasteiger partial charge in [-0.25, -0.2) is 0 Å². The van der Waals surface area contributed by atoms with Gasteiger partial charge in [-0.05, 0) is 38.5 Å². The molecule has 0 unspecified atom stereocenters. The molecule has 0 amide bonds. The molecule has 2 aliphatic rings. The van der Waals surface area contributed by atoms with Crippen LogP contribution in [0.25, 0.3) is 0 Å². The van der Waals surface area contributed by atoms with Gasteiger partial charge in [0.15, 0.2) is 0 Å². The van der Waals surface area contributed by atoms with Gasteiger partial charge in [0, 0.05) is 5.56 Å². The highest BCUT2D eigenvalue weighted by Crippen LogP contribution is 2.54. The fourth-order valence-electron chi connectivity index (χ4n) is 2.48. The molecule has 1 aromatic carbocycles. The average Bonchev–Trinajstić information content (AvgIpc) is 3.11. The number of benzene rings is 1. The second-order valence-electron chi connectivity index (χ2n) is 5.58. The fraction of sp³-hybridized carbons (Fsp3) is 0.600. The molecule has 1 saturated heterocycles. The van der Waals surface area contributed by atoms with E-state index in [4.69, 9.17) is 14.2 Å². The average molecular weight is 248 g/mol. The molecule has 2 aliphatic heterocycles. The molecule has 2 heterocycles. The molecule has 2 atom stereocenters. The van der Waals surface area contributed by atoms with Crippen LogP contribution in [-0.2, 0) is 4.74 Å². The highest BCUT2D eigenvalue weighted by Gasteiger charge is 2.56. The van der Waals surface area contributed by atoms with Gasteiger partial charge in [-0.2, -0.15) is 0 Å². The van der Waals surface area contributed by atoms with E-state index in [0.717, 1.165) is 36.5 Å². The minimum Gasteiger partial charge on any atom is -0.494 e. The van der Waals surface area contributed by atoms with Crippen molar-refractivity contribution in [2.24, 2.45) is 0 Å². The minimum absolute atomic E-state index is 0.191. The van der Waals surface area contributed by atoms with Crippen LogP contribution in [0.3, 0.4) is 0 Å². The van der Waals surface area contributed by atoms with Gasteiger partial charge < -0.3 is 14.2 Å². The Bertz CT molecular complexity index is 453. The Hall–Kier alpha value is -1.22. The lowest BCUT2D eigenvalue weighted by molar-refractivity contribution is 0.0724. The number of unbranched alkanes of at least 4 members (excludes halogenated alkanes) is 1. The van der Waals surface area contributed by atoms with Crippen LogP contribution in [0.2, 0.25) is 0 Å². The van der Waals surface area contributed by atoms with E-state index in [1.54, 1.807) is 0 Å². The summed E-state index contributed by atoms with van der Waals surface area (Å²) in [5.74, 6) is 1.85. The first-order valence-corrected chi connectivity index (χ1v) is 6.73. The topological polar surface area (TPSA) is 31.0 Å². The van der Waals surface area contributed by atoms with Gasteiger partial charge in [0.1, 0.15) is 29.3 Å². The summed E-state index contributed by atoms with van der Waals surface area (Å²) < 4.78 is 17.4. The van der Waals surface area contributed by atoms with Crippen LogP contribution in [-0.4, -0.2) is 18.3 Å². The van der Waals surface area contributed by atoms with Gasteiger partial charge in [-0.1, -0.05) is 13.3 Å². The van der Waals surface area contributed by atoms with Crippen molar-refractivity contribution in [2.45, 2.75) is 51.4 Å². The van der Waals surface area contributed by atoms with Crippen molar-refractivity contribution in [1.29, 1.82) is 0 Å². The van der Waals surface area contributed by atoms with E-state index in [0.29, 0.717) is 0 Å². The first kappa shape index (κ1) is 11.8. The predicted molar refractivity (Wildman–Crippen MR) is 69.2 cm³/mol. The molecule has 0 radical (unpaired) electrons. The lowest BCUT2D eigenvalue weighted by atomic mass is 9.94. The van der Waals surface area contributed by atoms with Crippen molar-refractivity contribution in [3.8, 4) is 11.5 Å². The maximum atomic E-state index is 5.97. The Labute approximate surface area is 108 Å². The quantitative estimate of drug-likeness (QED) is 0.604. The van der Waals surface area contributed by atoms with Crippen molar-refractivity contribution in [3.05, 3.63) is 23.8 Å². The summed E-state index contributed by atoms with van der Waals surface area (Å²) in [5.41, 5.74) is 0.913. The van der Waals surface area contributed by atoms with Crippen molar-refractivity contribution in [3.63, 3.8) is 0 Å². The lowest BCUT2D eigenvalue weighted by Gasteiger charge is -2.29. The summed E-state index contributed by atoms with van der Waals surface area (Å²) in [6.45, 7) is 7.09. The minimum atomic E-state index is -0.220. The number of rotatable bonds is 4. The van der Waals surface area contributed by atoms with Crippen molar-refractivity contribution >= 4 is 0 Å². The maximum Gasteiger partial charge on any atom is 0.132 e. The number of fused-ring (bicyclic) bond motifs is 3. The molecule has 98 valence electrons. The molecule has 0 N–H and O–H groups in total. The number of epoxide rings is 1. The molecule has 1 fully saturated rings. The molecule has 18 heavy (non-hydrogen) atoms.